The highest BCUT2D eigenvalue weighted by molar-refractivity contribution is 5.76. The number of hydrogen-bond acceptors (Lipinski definition) is 4. The normalized spacial score (nSPS) is 16.4. The van der Waals surface area contributed by atoms with E-state index in [1.165, 1.54) is 18.3 Å². The molecule has 1 fully saturated rings. The molecule has 176 valence electrons. The number of amides is 1. The van der Waals surface area contributed by atoms with Gasteiger partial charge in [0.05, 0.1) is 29.7 Å². The molecule has 1 atom stereocenters. The van der Waals surface area contributed by atoms with E-state index < -0.39 is 11.6 Å². The maximum absolute atomic E-state index is 15.4. The number of carbonyl (C=O) groups is 1. The van der Waals surface area contributed by atoms with Crippen LogP contribution in [0.5, 0.6) is 0 Å². The number of nitrogens with zero attached hydrogens (tertiary/aromatic N) is 4. The summed E-state index contributed by atoms with van der Waals surface area (Å²) in [5.41, 5.74) is 2.57. The van der Waals surface area contributed by atoms with Gasteiger partial charge in [0, 0.05) is 50.1 Å². The lowest BCUT2D eigenvalue weighted by Crippen LogP contribution is -2.46. The summed E-state index contributed by atoms with van der Waals surface area (Å²) < 4.78 is 38.5. The fourth-order valence-corrected chi connectivity index (χ4v) is 4.46. The zero-order chi connectivity index (χ0) is 23.8. The van der Waals surface area contributed by atoms with Crippen molar-refractivity contribution in [3.05, 3.63) is 65.7 Å². The first-order valence-corrected chi connectivity index (χ1v) is 11.3. The number of hydrogen-bond donors (Lipinski definition) is 1. The van der Waals surface area contributed by atoms with E-state index in [1.807, 2.05) is 36.6 Å². The number of benzene rings is 1. The molecule has 0 spiro atoms. The standard InChI is InChI=1S/C25H25F2N5O2/c1-3-22(33)31-8-9-34-17(14-31)13-20-24(30-21-10-15(2)4-7-32(20)21)23-18(26)11-16(12-19(23)27)25-28-5-6-29-25/h4-7,10-12,17H,3,8-9,13-14H2,1-2H3,(H,28,29)/t17-/m0/s1. The molecule has 0 aliphatic carbocycles. The van der Waals surface area contributed by atoms with Crippen LogP contribution in [0.15, 0.2) is 42.9 Å². The lowest BCUT2D eigenvalue weighted by atomic mass is 10.0. The fourth-order valence-electron chi connectivity index (χ4n) is 4.46. The predicted molar refractivity (Wildman–Crippen MR) is 123 cm³/mol. The number of rotatable bonds is 5. The van der Waals surface area contributed by atoms with Crippen LogP contribution < -0.4 is 0 Å². The summed E-state index contributed by atoms with van der Waals surface area (Å²) in [4.78, 5) is 25.6. The van der Waals surface area contributed by atoms with Crippen molar-refractivity contribution in [2.75, 3.05) is 19.7 Å². The second-order valence-electron chi connectivity index (χ2n) is 8.48. The van der Waals surface area contributed by atoms with Crippen LogP contribution in [-0.2, 0) is 16.0 Å². The molecule has 3 aromatic heterocycles. The average Bonchev–Trinajstić information content (AvgIpc) is 3.47. The third kappa shape index (κ3) is 4.07. The maximum Gasteiger partial charge on any atom is 0.222 e. The van der Waals surface area contributed by atoms with E-state index in [-0.39, 0.29) is 23.3 Å². The Morgan fingerprint density at radius 1 is 1.26 bits per heavy atom. The van der Waals surface area contributed by atoms with Gasteiger partial charge < -0.3 is 19.0 Å². The van der Waals surface area contributed by atoms with Crippen LogP contribution in [0.1, 0.15) is 24.6 Å². The highest BCUT2D eigenvalue weighted by Gasteiger charge is 2.28. The van der Waals surface area contributed by atoms with Crippen molar-refractivity contribution in [3.8, 4) is 22.6 Å². The van der Waals surface area contributed by atoms with E-state index >= 15 is 8.78 Å². The topological polar surface area (TPSA) is 75.5 Å². The Hall–Kier alpha value is -3.59. The number of halogens is 2. The summed E-state index contributed by atoms with van der Waals surface area (Å²) in [5.74, 6) is -1.00. The Morgan fingerprint density at radius 2 is 2.06 bits per heavy atom. The fraction of sp³-hybridized carbons (Fsp3) is 0.320. The predicted octanol–water partition coefficient (Wildman–Crippen LogP) is 4.16. The Morgan fingerprint density at radius 3 is 2.76 bits per heavy atom. The Labute approximate surface area is 195 Å². The van der Waals surface area contributed by atoms with Crippen LogP contribution >= 0.6 is 0 Å². The molecule has 1 saturated heterocycles. The number of carbonyl (C=O) groups excluding carboxylic acids is 1. The van der Waals surface area contributed by atoms with Crippen molar-refractivity contribution >= 4 is 11.6 Å². The lowest BCUT2D eigenvalue weighted by Gasteiger charge is -2.33. The smallest absolute Gasteiger partial charge is 0.222 e. The Kier molecular flexibility index (Phi) is 5.87. The molecule has 1 aliphatic heterocycles. The first-order chi connectivity index (χ1) is 16.4. The maximum atomic E-state index is 15.4. The molecule has 1 N–H and O–H groups in total. The van der Waals surface area contributed by atoms with Crippen LogP contribution in [0.25, 0.3) is 28.3 Å². The van der Waals surface area contributed by atoms with Gasteiger partial charge >= 0.3 is 0 Å². The van der Waals surface area contributed by atoms with Gasteiger partial charge in [0.15, 0.2) is 0 Å². The van der Waals surface area contributed by atoms with Crippen LogP contribution in [0, 0.1) is 18.6 Å². The first-order valence-electron chi connectivity index (χ1n) is 11.3. The van der Waals surface area contributed by atoms with Crippen molar-refractivity contribution in [2.24, 2.45) is 0 Å². The molecule has 0 bridgehead atoms. The molecule has 5 rings (SSSR count). The highest BCUT2D eigenvalue weighted by Crippen LogP contribution is 2.33. The van der Waals surface area contributed by atoms with E-state index in [2.05, 4.69) is 15.0 Å². The number of nitrogens with one attached hydrogen (secondary N) is 1. The molecular weight excluding hydrogens is 440 g/mol. The van der Waals surface area contributed by atoms with E-state index in [0.29, 0.717) is 55.3 Å². The van der Waals surface area contributed by atoms with E-state index in [4.69, 9.17) is 4.74 Å². The molecule has 1 aromatic carbocycles. The van der Waals surface area contributed by atoms with Crippen molar-refractivity contribution in [1.82, 2.24) is 24.3 Å². The van der Waals surface area contributed by atoms with Crippen molar-refractivity contribution in [3.63, 3.8) is 0 Å². The van der Waals surface area contributed by atoms with Crippen molar-refractivity contribution in [2.45, 2.75) is 32.8 Å². The summed E-state index contributed by atoms with van der Waals surface area (Å²) in [7, 11) is 0. The first kappa shape index (κ1) is 22.2. The minimum Gasteiger partial charge on any atom is -0.374 e. The van der Waals surface area contributed by atoms with Gasteiger partial charge in [-0.1, -0.05) is 6.92 Å². The Balaban J connectivity index is 1.58. The van der Waals surface area contributed by atoms with E-state index in [0.717, 1.165) is 5.56 Å². The van der Waals surface area contributed by atoms with Gasteiger partial charge in [-0.2, -0.15) is 0 Å². The average molecular weight is 466 g/mol. The number of aromatic amines is 1. The molecule has 4 aromatic rings. The van der Waals surface area contributed by atoms with Gasteiger partial charge in [-0.15, -0.1) is 0 Å². The second-order valence-corrected chi connectivity index (χ2v) is 8.48. The van der Waals surface area contributed by atoms with Crippen LogP contribution in [0.4, 0.5) is 8.78 Å². The van der Waals surface area contributed by atoms with E-state index in [9.17, 15) is 4.79 Å². The summed E-state index contributed by atoms with van der Waals surface area (Å²) in [5, 5.41) is 0. The SMILES string of the molecule is CCC(=O)N1CCO[C@@H](Cc2c(-c3c(F)cc(-c4ncc[nH]4)cc3F)nc3cc(C)ccn23)C1. The zero-order valence-electron chi connectivity index (χ0n) is 19.0. The van der Waals surface area contributed by atoms with Gasteiger partial charge in [0.2, 0.25) is 5.91 Å². The minimum absolute atomic E-state index is 0.0629. The minimum atomic E-state index is -0.722. The summed E-state index contributed by atoms with van der Waals surface area (Å²) in [6.07, 6.45) is 5.44. The highest BCUT2D eigenvalue weighted by atomic mass is 19.1. The van der Waals surface area contributed by atoms with E-state index in [1.54, 1.807) is 11.1 Å². The molecule has 4 heterocycles. The number of aromatic nitrogens is 4. The van der Waals surface area contributed by atoms with Crippen LogP contribution in [-0.4, -0.2) is 56.0 Å². The van der Waals surface area contributed by atoms with Gasteiger partial charge in [0.1, 0.15) is 23.1 Å². The number of H-pyrrole nitrogens is 1. The molecule has 0 unspecified atom stereocenters. The lowest BCUT2D eigenvalue weighted by molar-refractivity contribution is -0.138. The summed E-state index contributed by atoms with van der Waals surface area (Å²) >= 11 is 0. The molecule has 34 heavy (non-hydrogen) atoms. The molecule has 9 heteroatoms. The van der Waals surface area contributed by atoms with Crippen LogP contribution in [0.3, 0.4) is 0 Å². The molecule has 0 radical (unpaired) electrons. The Bertz CT molecular complexity index is 1330. The third-order valence-electron chi connectivity index (χ3n) is 6.15. The number of pyridine rings is 1. The number of aryl methyl sites for hydroxylation is 1. The van der Waals surface area contributed by atoms with Gasteiger partial charge in [-0.05, 0) is 36.8 Å². The van der Waals surface area contributed by atoms with Crippen LogP contribution in [0.2, 0.25) is 0 Å². The monoisotopic (exact) mass is 465 g/mol. The molecular formula is C25H25F2N5O2. The molecule has 0 saturated carbocycles. The molecule has 7 nitrogen and oxygen atoms in total. The molecule has 1 aliphatic rings. The number of ether oxygens (including phenoxy) is 1. The quantitative estimate of drug-likeness (QED) is 0.480. The third-order valence-corrected chi connectivity index (χ3v) is 6.15. The van der Waals surface area contributed by atoms with Gasteiger partial charge in [-0.25, -0.2) is 18.7 Å². The largest absolute Gasteiger partial charge is 0.374 e. The molecule has 1 amide bonds. The summed E-state index contributed by atoms with van der Waals surface area (Å²) in [6.45, 7) is 5.15. The number of imidazole rings is 2. The number of morpholine rings is 1. The number of fused-ring (bicyclic) bond motifs is 1. The van der Waals surface area contributed by atoms with Crippen molar-refractivity contribution < 1.29 is 18.3 Å². The summed E-state index contributed by atoms with van der Waals surface area (Å²) in [6, 6.07) is 6.31. The van der Waals surface area contributed by atoms with Gasteiger partial charge in [0.25, 0.3) is 0 Å². The second kappa shape index (κ2) is 8.98. The van der Waals surface area contributed by atoms with Crippen molar-refractivity contribution in [1.29, 1.82) is 0 Å². The van der Waals surface area contributed by atoms with Gasteiger partial charge in [-0.3, -0.25) is 4.79 Å². The zero-order valence-corrected chi connectivity index (χ0v) is 19.0.